The van der Waals surface area contributed by atoms with Crippen LogP contribution in [-0.2, 0) is 28.7 Å². The first-order chi connectivity index (χ1) is 17.2. The predicted molar refractivity (Wildman–Crippen MR) is 130 cm³/mol. The van der Waals surface area contributed by atoms with E-state index in [2.05, 4.69) is 0 Å². The average molecular weight is 530 g/mol. The molecule has 0 aromatic rings. The normalized spacial score (nSPS) is 33.0. The van der Waals surface area contributed by atoms with E-state index in [0.29, 0.717) is 12.8 Å². The van der Waals surface area contributed by atoms with E-state index >= 15 is 0 Å². The lowest BCUT2D eigenvalue weighted by atomic mass is 9.90. The van der Waals surface area contributed by atoms with Gasteiger partial charge in [-0.3, -0.25) is 19.2 Å². The molecule has 1 N–H and O–H groups in total. The Hall–Kier alpha value is -2.10. The maximum atomic E-state index is 14.8. The smallest absolute Gasteiger partial charge is 0.312 e. The first-order valence-corrected chi connectivity index (χ1v) is 13.5. The molecule has 0 unspecified atom stereocenters. The fourth-order valence-electron chi connectivity index (χ4n) is 5.80. The molecule has 2 heterocycles. The molecule has 1 saturated carbocycles. The third-order valence-electron chi connectivity index (χ3n) is 7.66. The van der Waals surface area contributed by atoms with Gasteiger partial charge in [0.15, 0.2) is 5.78 Å². The highest BCUT2D eigenvalue weighted by atomic mass is 19.3. The van der Waals surface area contributed by atoms with Crippen molar-refractivity contribution in [3.8, 4) is 0 Å². The average Bonchev–Trinajstić information content (AvgIpc) is 3.28. The van der Waals surface area contributed by atoms with Gasteiger partial charge in [0.2, 0.25) is 11.8 Å². The van der Waals surface area contributed by atoms with Crippen LogP contribution in [0.2, 0.25) is 0 Å². The summed E-state index contributed by atoms with van der Waals surface area (Å²) in [6.45, 7) is 6.79. The lowest BCUT2D eigenvalue weighted by Gasteiger charge is -2.29. The first-order valence-electron chi connectivity index (χ1n) is 13.5. The number of aliphatic hydroxyl groups excluding tert-OH is 1. The third-order valence-corrected chi connectivity index (χ3v) is 7.66. The summed E-state index contributed by atoms with van der Waals surface area (Å²) < 4.78 is 40.1. The van der Waals surface area contributed by atoms with Crippen molar-refractivity contribution >= 4 is 23.6 Å². The number of amides is 1. The number of hydrogen-bond donors (Lipinski definition) is 1. The predicted octanol–water partition coefficient (Wildman–Crippen LogP) is 3.81. The summed E-state index contributed by atoms with van der Waals surface area (Å²) in [5.41, 5.74) is -2.06. The van der Waals surface area contributed by atoms with Crippen molar-refractivity contribution in [2.75, 3.05) is 13.2 Å². The van der Waals surface area contributed by atoms with E-state index in [-0.39, 0.29) is 58.1 Å². The molecule has 2 saturated heterocycles. The summed E-state index contributed by atoms with van der Waals surface area (Å²) in [7, 11) is 0. The molecule has 0 bridgehead atoms. The van der Waals surface area contributed by atoms with E-state index in [4.69, 9.17) is 9.47 Å². The number of esters is 2. The van der Waals surface area contributed by atoms with Gasteiger partial charge in [-0.05, 0) is 52.9 Å². The molecular formula is C27H41F2NO7. The highest BCUT2D eigenvalue weighted by Gasteiger charge is 2.64. The second-order valence-corrected chi connectivity index (χ2v) is 12.0. The van der Waals surface area contributed by atoms with Gasteiger partial charge in [-0.1, -0.05) is 12.8 Å². The standard InChI is InChI=1S/C27H41F2NO7/c1-5-36-24(35)26-13-18(26)14-27(28,29)10-8-6-7-9-17(11-22(33)37-25(2,3)4)23(34)30-16-19(31)12-20(30)21(32)15-26/h17-20,31H,5-16H2,1-4H3/t17-,18+,19+,20+,26-/m1/s1. The van der Waals surface area contributed by atoms with Crippen LogP contribution in [0.25, 0.3) is 0 Å². The van der Waals surface area contributed by atoms with Crippen LogP contribution in [0.4, 0.5) is 8.78 Å². The highest BCUT2D eigenvalue weighted by molar-refractivity contribution is 5.95. The Labute approximate surface area is 217 Å². The van der Waals surface area contributed by atoms with Crippen LogP contribution in [0.5, 0.6) is 0 Å². The van der Waals surface area contributed by atoms with Crippen LogP contribution in [0, 0.1) is 17.3 Å². The highest BCUT2D eigenvalue weighted by Crippen LogP contribution is 2.60. The number of ether oxygens (including phenoxy) is 2. The zero-order valence-electron chi connectivity index (χ0n) is 22.4. The van der Waals surface area contributed by atoms with Gasteiger partial charge in [0, 0.05) is 38.1 Å². The van der Waals surface area contributed by atoms with E-state index in [0.717, 1.165) is 0 Å². The van der Waals surface area contributed by atoms with Crippen LogP contribution >= 0.6 is 0 Å². The van der Waals surface area contributed by atoms with Gasteiger partial charge < -0.3 is 19.5 Å². The maximum absolute atomic E-state index is 14.8. The number of ketones is 1. The molecule has 210 valence electrons. The molecule has 1 aliphatic carbocycles. The monoisotopic (exact) mass is 529 g/mol. The van der Waals surface area contributed by atoms with Crippen LogP contribution in [0.15, 0.2) is 0 Å². The fourth-order valence-corrected chi connectivity index (χ4v) is 5.80. The molecule has 10 heteroatoms. The van der Waals surface area contributed by atoms with E-state index < -0.39 is 71.0 Å². The van der Waals surface area contributed by atoms with Crippen LogP contribution in [0.3, 0.4) is 0 Å². The number of aliphatic hydroxyl groups is 1. The minimum atomic E-state index is -2.98. The van der Waals surface area contributed by atoms with E-state index in [9.17, 15) is 33.1 Å². The Kier molecular flexibility index (Phi) is 9.02. The Morgan fingerprint density at radius 2 is 1.84 bits per heavy atom. The Balaban J connectivity index is 1.88. The van der Waals surface area contributed by atoms with Crippen molar-refractivity contribution in [2.24, 2.45) is 17.3 Å². The van der Waals surface area contributed by atoms with Gasteiger partial charge in [-0.25, -0.2) is 8.78 Å². The molecule has 8 nitrogen and oxygen atoms in total. The van der Waals surface area contributed by atoms with Crippen molar-refractivity contribution in [1.29, 1.82) is 0 Å². The van der Waals surface area contributed by atoms with E-state index in [1.165, 1.54) is 4.90 Å². The number of Topliss-reactive ketones (excluding diaryl/α,β-unsaturated/α-hetero) is 1. The third kappa shape index (κ3) is 7.48. The molecule has 0 aromatic heterocycles. The quantitative estimate of drug-likeness (QED) is 0.552. The maximum Gasteiger partial charge on any atom is 0.312 e. The van der Waals surface area contributed by atoms with Crippen molar-refractivity contribution in [1.82, 2.24) is 4.90 Å². The SMILES string of the molecule is CCOC(=O)[C@]12CC(=O)[C@@H]3C[C@H](O)CN3C(=O)[C@@H](CC(=O)OC(C)(C)C)CCCCCC(F)(F)C[C@@H]1C2. The van der Waals surface area contributed by atoms with Crippen molar-refractivity contribution in [3.63, 3.8) is 0 Å². The molecule has 3 fully saturated rings. The number of nitrogens with zero attached hydrogens (tertiary/aromatic N) is 1. The van der Waals surface area contributed by atoms with Crippen LogP contribution < -0.4 is 0 Å². The summed E-state index contributed by atoms with van der Waals surface area (Å²) >= 11 is 0. The molecule has 0 spiro atoms. The number of carbonyl (C=O) groups excluding carboxylic acids is 4. The van der Waals surface area contributed by atoms with Crippen molar-refractivity contribution in [3.05, 3.63) is 0 Å². The number of rotatable bonds is 4. The Morgan fingerprint density at radius 3 is 2.49 bits per heavy atom. The summed E-state index contributed by atoms with van der Waals surface area (Å²) in [5.74, 6) is -6.55. The molecule has 0 aromatic carbocycles. The van der Waals surface area contributed by atoms with Crippen molar-refractivity contribution < 1.29 is 42.5 Å². The molecule has 3 aliphatic rings. The summed E-state index contributed by atoms with van der Waals surface area (Å²) in [5, 5.41) is 10.4. The van der Waals surface area contributed by atoms with Crippen LogP contribution in [-0.4, -0.2) is 70.5 Å². The molecule has 5 atom stereocenters. The summed E-state index contributed by atoms with van der Waals surface area (Å²) in [4.78, 5) is 53.8. The Bertz CT molecular complexity index is 886. The topological polar surface area (TPSA) is 110 Å². The minimum Gasteiger partial charge on any atom is -0.466 e. The van der Waals surface area contributed by atoms with Gasteiger partial charge in [0.05, 0.1) is 30.6 Å². The van der Waals surface area contributed by atoms with Gasteiger partial charge in [0.1, 0.15) is 5.60 Å². The summed E-state index contributed by atoms with van der Waals surface area (Å²) in [6, 6.07) is -0.984. The molecule has 37 heavy (non-hydrogen) atoms. The van der Waals surface area contributed by atoms with E-state index in [1.807, 2.05) is 0 Å². The number of alkyl halides is 2. The summed E-state index contributed by atoms with van der Waals surface area (Å²) in [6.07, 6.45) is -0.710. The fraction of sp³-hybridized carbons (Fsp3) is 0.852. The molecular weight excluding hydrogens is 488 g/mol. The molecule has 2 aliphatic heterocycles. The van der Waals surface area contributed by atoms with Gasteiger partial charge in [-0.15, -0.1) is 0 Å². The van der Waals surface area contributed by atoms with Gasteiger partial charge >= 0.3 is 11.9 Å². The van der Waals surface area contributed by atoms with Gasteiger partial charge in [-0.2, -0.15) is 0 Å². The molecule has 0 radical (unpaired) electrons. The number of hydrogen-bond acceptors (Lipinski definition) is 7. The lowest BCUT2D eigenvalue weighted by molar-refractivity contribution is -0.159. The van der Waals surface area contributed by atoms with Gasteiger partial charge in [0.25, 0.3) is 0 Å². The molecule has 1 amide bonds. The molecule has 3 rings (SSSR count). The van der Waals surface area contributed by atoms with Crippen molar-refractivity contribution in [2.45, 2.75) is 116 Å². The number of fused-ring (bicyclic) bond motifs is 2. The lowest BCUT2D eigenvalue weighted by Crippen LogP contribution is -2.45. The number of carbonyl (C=O) groups is 4. The largest absolute Gasteiger partial charge is 0.466 e. The minimum absolute atomic E-state index is 0.00344. The number of halogens is 2. The zero-order valence-corrected chi connectivity index (χ0v) is 22.4. The second-order valence-electron chi connectivity index (χ2n) is 12.0. The van der Waals surface area contributed by atoms with Crippen LogP contribution in [0.1, 0.15) is 91.9 Å². The first kappa shape index (κ1) is 29.5. The van der Waals surface area contributed by atoms with E-state index in [1.54, 1.807) is 27.7 Å². The Morgan fingerprint density at radius 1 is 1.14 bits per heavy atom. The zero-order chi connectivity index (χ0) is 27.6. The second kappa shape index (κ2) is 11.3.